The monoisotopic (exact) mass is 220 g/mol. The van der Waals surface area contributed by atoms with Crippen molar-refractivity contribution >= 4 is 12.4 Å². The molecule has 1 fully saturated rings. The predicted molar refractivity (Wildman–Crippen MR) is 61.1 cm³/mol. The molecule has 5 heteroatoms. The molecule has 0 atom stereocenters. The SMILES string of the molecule is CN(C=O)C1CCN(c2ncccn2)CC1. The maximum absolute atomic E-state index is 10.6. The molecule has 1 aliphatic heterocycles. The minimum Gasteiger partial charge on any atom is -0.345 e. The summed E-state index contributed by atoms with van der Waals surface area (Å²) in [7, 11) is 1.84. The van der Waals surface area contributed by atoms with E-state index < -0.39 is 0 Å². The van der Waals surface area contributed by atoms with Crippen LogP contribution >= 0.6 is 0 Å². The molecule has 0 aromatic carbocycles. The number of carbonyl (C=O) groups is 1. The Balaban J connectivity index is 1.93. The summed E-state index contributed by atoms with van der Waals surface area (Å²) in [5, 5.41) is 0. The van der Waals surface area contributed by atoms with Crippen molar-refractivity contribution in [1.29, 1.82) is 0 Å². The maximum Gasteiger partial charge on any atom is 0.225 e. The van der Waals surface area contributed by atoms with E-state index in [1.807, 2.05) is 13.1 Å². The van der Waals surface area contributed by atoms with Gasteiger partial charge in [0.1, 0.15) is 0 Å². The molecule has 0 aliphatic carbocycles. The van der Waals surface area contributed by atoms with E-state index in [0.717, 1.165) is 38.3 Å². The molecule has 0 unspecified atom stereocenters. The van der Waals surface area contributed by atoms with Crippen LogP contribution in [0.5, 0.6) is 0 Å². The van der Waals surface area contributed by atoms with Crippen molar-refractivity contribution in [1.82, 2.24) is 14.9 Å². The van der Waals surface area contributed by atoms with Crippen molar-refractivity contribution in [2.24, 2.45) is 0 Å². The van der Waals surface area contributed by atoms with Crippen LogP contribution in [-0.2, 0) is 4.79 Å². The first-order valence-corrected chi connectivity index (χ1v) is 5.50. The maximum atomic E-state index is 10.6. The van der Waals surface area contributed by atoms with Gasteiger partial charge in [0.2, 0.25) is 12.4 Å². The molecule has 0 radical (unpaired) electrons. The fourth-order valence-electron chi connectivity index (χ4n) is 2.01. The third-order valence-corrected chi connectivity index (χ3v) is 3.04. The van der Waals surface area contributed by atoms with Crippen LogP contribution in [0.25, 0.3) is 0 Å². The van der Waals surface area contributed by atoms with Gasteiger partial charge in [-0.05, 0) is 18.9 Å². The fourth-order valence-corrected chi connectivity index (χ4v) is 2.01. The molecular formula is C11H16N4O. The lowest BCUT2D eigenvalue weighted by molar-refractivity contribution is -0.119. The van der Waals surface area contributed by atoms with Crippen molar-refractivity contribution in [3.05, 3.63) is 18.5 Å². The third-order valence-electron chi connectivity index (χ3n) is 3.04. The Hall–Kier alpha value is -1.65. The van der Waals surface area contributed by atoms with Gasteiger partial charge >= 0.3 is 0 Å². The van der Waals surface area contributed by atoms with E-state index in [1.165, 1.54) is 0 Å². The highest BCUT2D eigenvalue weighted by Crippen LogP contribution is 2.17. The van der Waals surface area contributed by atoms with Gasteiger partial charge in [0.25, 0.3) is 0 Å². The van der Waals surface area contributed by atoms with E-state index in [9.17, 15) is 4.79 Å². The van der Waals surface area contributed by atoms with Gasteiger partial charge < -0.3 is 9.80 Å². The van der Waals surface area contributed by atoms with Gasteiger partial charge in [-0.1, -0.05) is 0 Å². The molecule has 1 aromatic rings. The number of hydrogen-bond acceptors (Lipinski definition) is 4. The van der Waals surface area contributed by atoms with Crippen LogP contribution in [-0.4, -0.2) is 47.5 Å². The van der Waals surface area contributed by atoms with Gasteiger partial charge in [0, 0.05) is 38.6 Å². The Labute approximate surface area is 95.1 Å². The molecule has 5 nitrogen and oxygen atoms in total. The van der Waals surface area contributed by atoms with Gasteiger partial charge in [0.05, 0.1) is 0 Å². The first-order chi connectivity index (χ1) is 7.81. The molecule has 1 saturated heterocycles. The van der Waals surface area contributed by atoms with E-state index in [1.54, 1.807) is 17.3 Å². The predicted octanol–water partition coefficient (Wildman–Crippen LogP) is 0.534. The second-order valence-electron chi connectivity index (χ2n) is 4.04. The average Bonchev–Trinajstić information content (AvgIpc) is 2.39. The van der Waals surface area contributed by atoms with Crippen LogP contribution < -0.4 is 4.90 Å². The summed E-state index contributed by atoms with van der Waals surface area (Å²) in [6.45, 7) is 1.82. The van der Waals surface area contributed by atoms with E-state index in [4.69, 9.17) is 0 Å². The number of aromatic nitrogens is 2. The fraction of sp³-hybridized carbons (Fsp3) is 0.545. The molecule has 0 saturated carbocycles. The Kier molecular flexibility index (Phi) is 3.34. The lowest BCUT2D eigenvalue weighted by Gasteiger charge is -2.35. The van der Waals surface area contributed by atoms with Gasteiger partial charge in [-0.2, -0.15) is 0 Å². The number of hydrogen-bond donors (Lipinski definition) is 0. The van der Waals surface area contributed by atoms with Crippen molar-refractivity contribution < 1.29 is 4.79 Å². The zero-order chi connectivity index (χ0) is 11.4. The minimum atomic E-state index is 0.359. The normalized spacial score (nSPS) is 17.2. The molecule has 0 bridgehead atoms. The lowest BCUT2D eigenvalue weighted by Crippen LogP contribution is -2.43. The van der Waals surface area contributed by atoms with Gasteiger partial charge in [0.15, 0.2) is 0 Å². The highest BCUT2D eigenvalue weighted by molar-refractivity contribution is 5.47. The minimum absolute atomic E-state index is 0.359. The third kappa shape index (κ3) is 2.29. The van der Waals surface area contributed by atoms with Crippen LogP contribution in [0.3, 0.4) is 0 Å². The molecular weight excluding hydrogens is 204 g/mol. The largest absolute Gasteiger partial charge is 0.345 e. The van der Waals surface area contributed by atoms with Crippen LogP contribution in [0.1, 0.15) is 12.8 Å². The number of amides is 1. The molecule has 2 heterocycles. The van der Waals surface area contributed by atoms with Gasteiger partial charge in [-0.25, -0.2) is 9.97 Å². The smallest absolute Gasteiger partial charge is 0.225 e. The van der Waals surface area contributed by atoms with Crippen LogP contribution in [0.4, 0.5) is 5.95 Å². The zero-order valence-electron chi connectivity index (χ0n) is 9.41. The second kappa shape index (κ2) is 4.92. The average molecular weight is 220 g/mol. The summed E-state index contributed by atoms with van der Waals surface area (Å²) in [5.74, 6) is 0.787. The molecule has 16 heavy (non-hydrogen) atoms. The molecule has 2 rings (SSSR count). The van der Waals surface area contributed by atoms with Crippen molar-refractivity contribution in [3.63, 3.8) is 0 Å². The van der Waals surface area contributed by atoms with E-state index in [2.05, 4.69) is 14.9 Å². The molecule has 86 valence electrons. The van der Waals surface area contributed by atoms with E-state index in [-0.39, 0.29) is 0 Å². The second-order valence-corrected chi connectivity index (χ2v) is 4.04. The zero-order valence-corrected chi connectivity index (χ0v) is 9.41. The number of carbonyl (C=O) groups excluding carboxylic acids is 1. The van der Waals surface area contributed by atoms with Crippen LogP contribution in [0.15, 0.2) is 18.5 Å². The summed E-state index contributed by atoms with van der Waals surface area (Å²) in [6.07, 6.45) is 6.37. The standard InChI is InChI=1S/C11H16N4O/c1-14(9-16)10-3-7-15(8-4-10)11-12-5-2-6-13-11/h2,5-6,9-10H,3-4,7-8H2,1H3. The number of anilines is 1. The van der Waals surface area contributed by atoms with Gasteiger partial charge in [-0.3, -0.25) is 4.79 Å². The summed E-state index contributed by atoms with van der Waals surface area (Å²) in [5.41, 5.74) is 0. The van der Waals surface area contributed by atoms with Crippen molar-refractivity contribution in [3.8, 4) is 0 Å². The number of piperidine rings is 1. The molecule has 1 aromatic heterocycles. The highest BCUT2D eigenvalue weighted by Gasteiger charge is 2.22. The topological polar surface area (TPSA) is 49.3 Å². The molecule has 0 spiro atoms. The summed E-state index contributed by atoms with van der Waals surface area (Å²) in [6, 6.07) is 2.17. The van der Waals surface area contributed by atoms with Crippen molar-refractivity contribution in [2.45, 2.75) is 18.9 Å². The number of rotatable bonds is 3. The molecule has 0 N–H and O–H groups in total. The number of nitrogens with zero attached hydrogens (tertiary/aromatic N) is 4. The van der Waals surface area contributed by atoms with Crippen LogP contribution in [0, 0.1) is 0 Å². The highest BCUT2D eigenvalue weighted by atomic mass is 16.1. The summed E-state index contributed by atoms with van der Waals surface area (Å²) in [4.78, 5) is 23.0. The Morgan fingerprint density at radius 1 is 1.38 bits per heavy atom. The van der Waals surface area contributed by atoms with Gasteiger partial charge in [-0.15, -0.1) is 0 Å². The molecule has 1 aliphatic rings. The Morgan fingerprint density at radius 2 is 2.00 bits per heavy atom. The first-order valence-electron chi connectivity index (χ1n) is 5.50. The van der Waals surface area contributed by atoms with Crippen molar-refractivity contribution in [2.75, 3.05) is 25.0 Å². The van der Waals surface area contributed by atoms with Crippen LogP contribution in [0.2, 0.25) is 0 Å². The quantitative estimate of drug-likeness (QED) is 0.697. The Morgan fingerprint density at radius 3 is 2.56 bits per heavy atom. The summed E-state index contributed by atoms with van der Waals surface area (Å²) < 4.78 is 0. The Bertz CT molecular complexity index is 335. The lowest BCUT2D eigenvalue weighted by atomic mass is 10.0. The first kappa shape index (κ1) is 10.9. The molecule has 1 amide bonds. The van der Waals surface area contributed by atoms with E-state index >= 15 is 0 Å². The van der Waals surface area contributed by atoms with E-state index in [0.29, 0.717) is 6.04 Å². The summed E-state index contributed by atoms with van der Waals surface area (Å²) >= 11 is 0.